The van der Waals surface area contributed by atoms with Crippen LogP contribution in [0.25, 0.3) is 0 Å². The Balaban J connectivity index is 2.21. The second-order valence-electron chi connectivity index (χ2n) is 5.06. The van der Waals surface area contributed by atoms with Crippen molar-refractivity contribution in [3.63, 3.8) is 0 Å². The molecule has 5 nitrogen and oxygen atoms in total. The first-order chi connectivity index (χ1) is 10.4. The lowest BCUT2D eigenvalue weighted by Gasteiger charge is -2.12. The van der Waals surface area contributed by atoms with Crippen LogP contribution in [0.1, 0.15) is 37.7 Å². The average Bonchev–Trinajstić information content (AvgIpc) is 2.50. The molecule has 1 aromatic heterocycles. The number of nitrogens with zero attached hydrogens (tertiary/aromatic N) is 1. The molecule has 1 aromatic carbocycles. The molecular formula is C17H18N2O3. The summed E-state index contributed by atoms with van der Waals surface area (Å²) in [6.07, 6.45) is 0. The molecule has 1 heterocycles. The number of ether oxygens (including phenoxy) is 1. The van der Waals surface area contributed by atoms with E-state index in [9.17, 15) is 9.59 Å². The zero-order valence-electron chi connectivity index (χ0n) is 13.1. The lowest BCUT2D eigenvalue weighted by Crippen LogP contribution is -2.15. The number of methoxy groups -OCH3 is 1. The summed E-state index contributed by atoms with van der Waals surface area (Å²) in [6, 6.07) is 8.23. The number of amides is 1. The quantitative estimate of drug-likeness (QED) is 0.884. The Morgan fingerprint density at radius 1 is 1.05 bits per heavy atom. The molecule has 0 aliphatic rings. The molecule has 1 amide bonds. The van der Waals surface area contributed by atoms with Gasteiger partial charge in [0, 0.05) is 11.3 Å². The lowest BCUT2D eigenvalue weighted by atomic mass is 10.1. The fraction of sp³-hybridized carbons (Fsp3) is 0.235. The Morgan fingerprint density at radius 2 is 1.64 bits per heavy atom. The van der Waals surface area contributed by atoms with Gasteiger partial charge in [-0.2, -0.15) is 0 Å². The summed E-state index contributed by atoms with van der Waals surface area (Å²) < 4.78 is 4.63. The molecule has 22 heavy (non-hydrogen) atoms. The van der Waals surface area contributed by atoms with Gasteiger partial charge in [-0.05, 0) is 56.7 Å². The van der Waals surface area contributed by atoms with E-state index in [1.165, 1.54) is 7.11 Å². The molecule has 114 valence electrons. The van der Waals surface area contributed by atoms with Gasteiger partial charge in [-0.15, -0.1) is 0 Å². The molecule has 0 aliphatic carbocycles. The van der Waals surface area contributed by atoms with Crippen molar-refractivity contribution in [2.75, 3.05) is 12.4 Å². The van der Waals surface area contributed by atoms with E-state index in [2.05, 4.69) is 15.0 Å². The Labute approximate surface area is 129 Å². The summed E-state index contributed by atoms with van der Waals surface area (Å²) in [4.78, 5) is 28.0. The summed E-state index contributed by atoms with van der Waals surface area (Å²) in [6.45, 7) is 5.70. The molecular weight excluding hydrogens is 280 g/mol. The molecule has 2 rings (SSSR count). The summed E-state index contributed by atoms with van der Waals surface area (Å²) in [5.41, 5.74) is 4.24. The fourth-order valence-corrected chi connectivity index (χ4v) is 2.27. The van der Waals surface area contributed by atoms with Crippen LogP contribution in [-0.4, -0.2) is 24.0 Å². The predicted molar refractivity (Wildman–Crippen MR) is 84.2 cm³/mol. The standard InChI is InChI=1S/C17H18N2O3/c1-10-9-11(2)18-12(3)15(10)19-16(20)13-5-7-14(8-6-13)17(21)22-4/h5-9H,1-4H3,(H,19,20). The van der Waals surface area contributed by atoms with E-state index in [-0.39, 0.29) is 5.91 Å². The van der Waals surface area contributed by atoms with Crippen LogP contribution in [0.2, 0.25) is 0 Å². The molecule has 0 aliphatic heterocycles. The minimum atomic E-state index is -0.429. The maximum atomic E-state index is 12.3. The van der Waals surface area contributed by atoms with Gasteiger partial charge < -0.3 is 10.1 Å². The number of rotatable bonds is 3. The van der Waals surface area contributed by atoms with Crippen LogP contribution in [0.4, 0.5) is 5.69 Å². The van der Waals surface area contributed by atoms with Crippen LogP contribution in [0.5, 0.6) is 0 Å². The van der Waals surface area contributed by atoms with Gasteiger partial charge in [0.2, 0.25) is 0 Å². The molecule has 2 aromatic rings. The molecule has 0 unspecified atom stereocenters. The van der Waals surface area contributed by atoms with Crippen LogP contribution < -0.4 is 5.32 Å². The highest BCUT2D eigenvalue weighted by Crippen LogP contribution is 2.20. The van der Waals surface area contributed by atoms with Gasteiger partial charge in [0.05, 0.1) is 24.1 Å². The number of aromatic nitrogens is 1. The van der Waals surface area contributed by atoms with Crippen LogP contribution in [0, 0.1) is 20.8 Å². The molecule has 5 heteroatoms. The number of carbonyl (C=O) groups is 2. The van der Waals surface area contributed by atoms with Crippen molar-refractivity contribution in [1.29, 1.82) is 0 Å². The van der Waals surface area contributed by atoms with Gasteiger partial charge in [-0.1, -0.05) is 0 Å². The first kappa shape index (κ1) is 15.7. The monoisotopic (exact) mass is 298 g/mol. The van der Waals surface area contributed by atoms with Crippen molar-refractivity contribution in [1.82, 2.24) is 4.98 Å². The number of hydrogen-bond donors (Lipinski definition) is 1. The van der Waals surface area contributed by atoms with Gasteiger partial charge in [0.25, 0.3) is 5.91 Å². The minimum Gasteiger partial charge on any atom is -0.465 e. The van der Waals surface area contributed by atoms with Gasteiger partial charge in [0.15, 0.2) is 0 Å². The normalized spacial score (nSPS) is 10.2. The van der Waals surface area contributed by atoms with Crippen molar-refractivity contribution in [3.05, 3.63) is 58.4 Å². The van der Waals surface area contributed by atoms with Crippen LogP contribution in [0.3, 0.4) is 0 Å². The number of aryl methyl sites for hydroxylation is 3. The highest BCUT2D eigenvalue weighted by Gasteiger charge is 2.12. The summed E-state index contributed by atoms with van der Waals surface area (Å²) in [7, 11) is 1.32. The highest BCUT2D eigenvalue weighted by molar-refractivity contribution is 6.05. The Bertz CT molecular complexity index is 698. The van der Waals surface area contributed by atoms with E-state index in [0.29, 0.717) is 16.8 Å². The molecule has 0 radical (unpaired) electrons. The summed E-state index contributed by atoms with van der Waals surface area (Å²) >= 11 is 0. The van der Waals surface area contributed by atoms with E-state index >= 15 is 0 Å². The smallest absolute Gasteiger partial charge is 0.337 e. The van der Waals surface area contributed by atoms with E-state index in [1.54, 1.807) is 24.3 Å². The van der Waals surface area contributed by atoms with E-state index in [4.69, 9.17) is 0 Å². The zero-order chi connectivity index (χ0) is 16.3. The largest absolute Gasteiger partial charge is 0.465 e. The lowest BCUT2D eigenvalue weighted by molar-refractivity contribution is 0.0600. The van der Waals surface area contributed by atoms with Crippen LogP contribution >= 0.6 is 0 Å². The number of pyridine rings is 1. The van der Waals surface area contributed by atoms with Crippen molar-refractivity contribution in [2.45, 2.75) is 20.8 Å². The van der Waals surface area contributed by atoms with Gasteiger partial charge in [-0.25, -0.2) is 4.79 Å². The zero-order valence-corrected chi connectivity index (χ0v) is 13.1. The van der Waals surface area contributed by atoms with Crippen LogP contribution in [-0.2, 0) is 4.74 Å². The van der Waals surface area contributed by atoms with Gasteiger partial charge >= 0.3 is 5.97 Å². The first-order valence-electron chi connectivity index (χ1n) is 6.87. The third-order valence-corrected chi connectivity index (χ3v) is 3.33. The number of carbonyl (C=O) groups excluding carboxylic acids is 2. The second kappa shape index (κ2) is 6.39. The number of benzene rings is 1. The van der Waals surface area contributed by atoms with E-state index < -0.39 is 5.97 Å². The average molecular weight is 298 g/mol. The number of nitrogens with one attached hydrogen (secondary N) is 1. The second-order valence-corrected chi connectivity index (χ2v) is 5.06. The third-order valence-electron chi connectivity index (χ3n) is 3.33. The number of hydrogen-bond acceptors (Lipinski definition) is 4. The first-order valence-corrected chi connectivity index (χ1v) is 6.87. The third kappa shape index (κ3) is 3.31. The number of esters is 1. The van der Waals surface area contributed by atoms with Crippen LogP contribution in [0.15, 0.2) is 30.3 Å². The molecule has 1 N–H and O–H groups in total. The van der Waals surface area contributed by atoms with E-state index in [1.807, 2.05) is 26.8 Å². The van der Waals surface area contributed by atoms with Crippen molar-refractivity contribution < 1.29 is 14.3 Å². The molecule has 0 spiro atoms. The highest BCUT2D eigenvalue weighted by atomic mass is 16.5. The van der Waals surface area contributed by atoms with Crippen molar-refractivity contribution in [2.24, 2.45) is 0 Å². The molecule has 0 bridgehead atoms. The molecule has 0 fully saturated rings. The molecule has 0 saturated heterocycles. The fourth-order valence-electron chi connectivity index (χ4n) is 2.27. The predicted octanol–water partition coefficient (Wildman–Crippen LogP) is 3.05. The minimum absolute atomic E-state index is 0.242. The summed E-state index contributed by atoms with van der Waals surface area (Å²) in [5.74, 6) is -0.672. The Hall–Kier alpha value is -2.69. The topological polar surface area (TPSA) is 68.3 Å². The maximum Gasteiger partial charge on any atom is 0.337 e. The molecule has 0 atom stereocenters. The van der Waals surface area contributed by atoms with Crippen molar-refractivity contribution in [3.8, 4) is 0 Å². The SMILES string of the molecule is COC(=O)c1ccc(C(=O)Nc2c(C)cc(C)nc2C)cc1. The van der Waals surface area contributed by atoms with E-state index in [0.717, 1.165) is 17.0 Å². The Kier molecular flexibility index (Phi) is 4.56. The van der Waals surface area contributed by atoms with Crippen molar-refractivity contribution >= 4 is 17.6 Å². The molecule has 0 saturated carbocycles. The summed E-state index contributed by atoms with van der Waals surface area (Å²) in [5, 5.41) is 2.87. The van der Waals surface area contributed by atoms with Gasteiger partial charge in [0.1, 0.15) is 0 Å². The Morgan fingerprint density at radius 3 is 2.18 bits per heavy atom. The number of anilines is 1. The maximum absolute atomic E-state index is 12.3. The van der Waals surface area contributed by atoms with Gasteiger partial charge in [-0.3, -0.25) is 9.78 Å².